The number of amides is 2. The fraction of sp³-hybridized carbons (Fsp3) is 0.429. The Balaban J connectivity index is 0.00000220. The fourth-order valence-corrected chi connectivity index (χ4v) is 1.90. The van der Waals surface area contributed by atoms with Gasteiger partial charge in [0.25, 0.3) is 5.91 Å². The number of rotatable bonds is 4. The first-order chi connectivity index (χ1) is 9.56. The predicted molar refractivity (Wildman–Crippen MR) is 83.6 cm³/mol. The van der Waals surface area contributed by atoms with E-state index in [1.165, 1.54) is 0 Å². The van der Waals surface area contributed by atoms with Crippen LogP contribution in [0.1, 0.15) is 19.8 Å². The van der Waals surface area contributed by atoms with Gasteiger partial charge in [-0.2, -0.15) is 0 Å². The number of anilines is 2. The average molecular weight is 314 g/mol. The summed E-state index contributed by atoms with van der Waals surface area (Å²) in [4.78, 5) is 23.3. The third kappa shape index (κ3) is 5.00. The van der Waals surface area contributed by atoms with Crippen LogP contribution < -0.4 is 16.4 Å². The predicted octanol–water partition coefficient (Wildman–Crippen LogP) is 1.51. The van der Waals surface area contributed by atoms with Crippen LogP contribution >= 0.6 is 12.4 Å². The maximum absolute atomic E-state index is 11.8. The summed E-state index contributed by atoms with van der Waals surface area (Å²) in [5.74, 6) is -0.379. The molecular formula is C14H20ClN3O3. The van der Waals surface area contributed by atoms with Gasteiger partial charge in [0, 0.05) is 18.0 Å². The van der Waals surface area contributed by atoms with E-state index < -0.39 is 6.04 Å². The minimum atomic E-state index is -0.561. The molecule has 2 amide bonds. The Morgan fingerprint density at radius 2 is 1.81 bits per heavy atom. The van der Waals surface area contributed by atoms with Gasteiger partial charge in [0.15, 0.2) is 0 Å². The molecule has 1 fully saturated rings. The maximum Gasteiger partial charge on any atom is 0.253 e. The first kappa shape index (κ1) is 17.4. The summed E-state index contributed by atoms with van der Waals surface area (Å²) in [6, 6.07) is 6.32. The van der Waals surface area contributed by atoms with E-state index in [1.807, 2.05) is 0 Å². The van der Waals surface area contributed by atoms with Crippen molar-refractivity contribution in [2.24, 2.45) is 5.73 Å². The van der Waals surface area contributed by atoms with E-state index in [-0.39, 0.29) is 30.3 Å². The highest BCUT2D eigenvalue weighted by molar-refractivity contribution is 5.96. The van der Waals surface area contributed by atoms with Gasteiger partial charge in [0.05, 0.1) is 6.04 Å². The third-order valence-electron chi connectivity index (χ3n) is 3.06. The van der Waals surface area contributed by atoms with Gasteiger partial charge in [-0.3, -0.25) is 9.59 Å². The number of ether oxygens (including phenoxy) is 1. The van der Waals surface area contributed by atoms with Crippen molar-refractivity contribution in [3.63, 3.8) is 0 Å². The number of benzene rings is 1. The van der Waals surface area contributed by atoms with E-state index in [1.54, 1.807) is 31.2 Å². The van der Waals surface area contributed by atoms with E-state index in [4.69, 9.17) is 10.5 Å². The molecule has 0 radical (unpaired) electrons. The molecule has 1 saturated heterocycles. The molecule has 0 bridgehead atoms. The van der Waals surface area contributed by atoms with Crippen molar-refractivity contribution in [3.05, 3.63) is 24.3 Å². The van der Waals surface area contributed by atoms with Gasteiger partial charge in [0.2, 0.25) is 5.91 Å². The second kappa shape index (κ2) is 7.97. The molecule has 0 spiro atoms. The molecule has 2 unspecified atom stereocenters. The number of hydrogen-bond donors (Lipinski definition) is 3. The Kier molecular flexibility index (Phi) is 6.61. The molecule has 0 aromatic heterocycles. The van der Waals surface area contributed by atoms with Crippen molar-refractivity contribution < 1.29 is 14.3 Å². The second-order valence-electron chi connectivity index (χ2n) is 4.85. The fourth-order valence-electron chi connectivity index (χ4n) is 1.90. The van der Waals surface area contributed by atoms with Crippen LogP contribution in [0.25, 0.3) is 0 Å². The molecule has 0 aliphatic carbocycles. The first-order valence-electron chi connectivity index (χ1n) is 6.65. The highest BCUT2D eigenvalue weighted by atomic mass is 35.5. The summed E-state index contributed by atoms with van der Waals surface area (Å²) in [5, 5.41) is 5.46. The van der Waals surface area contributed by atoms with Crippen LogP contribution in [0.2, 0.25) is 0 Å². The highest BCUT2D eigenvalue weighted by Gasteiger charge is 2.23. The summed E-state index contributed by atoms with van der Waals surface area (Å²) in [6.07, 6.45) is 1.32. The van der Waals surface area contributed by atoms with Crippen molar-refractivity contribution in [1.82, 2.24) is 0 Å². The lowest BCUT2D eigenvalue weighted by molar-refractivity contribution is -0.124. The summed E-state index contributed by atoms with van der Waals surface area (Å²) >= 11 is 0. The summed E-state index contributed by atoms with van der Waals surface area (Å²) < 4.78 is 5.31. The van der Waals surface area contributed by atoms with Crippen molar-refractivity contribution >= 4 is 35.6 Å². The Morgan fingerprint density at radius 3 is 2.29 bits per heavy atom. The molecule has 1 aromatic carbocycles. The SMILES string of the molecule is CC(N)C(=O)Nc1ccc(NC(=O)C2CCCO2)cc1.Cl. The van der Waals surface area contributed by atoms with Gasteiger partial charge >= 0.3 is 0 Å². The number of carbonyl (C=O) groups excluding carboxylic acids is 2. The highest BCUT2D eigenvalue weighted by Crippen LogP contribution is 2.17. The molecule has 21 heavy (non-hydrogen) atoms. The zero-order valence-electron chi connectivity index (χ0n) is 11.8. The lowest BCUT2D eigenvalue weighted by atomic mass is 10.2. The van der Waals surface area contributed by atoms with Crippen LogP contribution in [0.15, 0.2) is 24.3 Å². The maximum atomic E-state index is 11.8. The van der Waals surface area contributed by atoms with E-state index in [0.29, 0.717) is 18.0 Å². The molecule has 1 heterocycles. The molecule has 7 heteroatoms. The van der Waals surface area contributed by atoms with Crippen LogP contribution in [-0.2, 0) is 14.3 Å². The average Bonchev–Trinajstić information content (AvgIpc) is 2.95. The smallest absolute Gasteiger partial charge is 0.253 e. The van der Waals surface area contributed by atoms with Crippen LogP contribution in [0.5, 0.6) is 0 Å². The van der Waals surface area contributed by atoms with E-state index in [9.17, 15) is 9.59 Å². The molecule has 4 N–H and O–H groups in total. The third-order valence-corrected chi connectivity index (χ3v) is 3.06. The van der Waals surface area contributed by atoms with Gasteiger partial charge < -0.3 is 21.1 Å². The van der Waals surface area contributed by atoms with E-state index in [2.05, 4.69) is 10.6 Å². The Bertz CT molecular complexity index is 485. The van der Waals surface area contributed by atoms with Crippen molar-refractivity contribution in [1.29, 1.82) is 0 Å². The molecule has 0 saturated carbocycles. The molecule has 6 nitrogen and oxygen atoms in total. The number of nitrogens with two attached hydrogens (primary N) is 1. The van der Waals surface area contributed by atoms with Crippen LogP contribution in [0, 0.1) is 0 Å². The summed E-state index contributed by atoms with van der Waals surface area (Å²) in [5.41, 5.74) is 6.78. The molecular weight excluding hydrogens is 294 g/mol. The lowest BCUT2D eigenvalue weighted by Gasteiger charge is -2.11. The first-order valence-corrected chi connectivity index (χ1v) is 6.65. The number of nitrogens with one attached hydrogen (secondary N) is 2. The quantitative estimate of drug-likeness (QED) is 0.785. The Morgan fingerprint density at radius 1 is 1.24 bits per heavy atom. The number of hydrogen-bond acceptors (Lipinski definition) is 4. The van der Waals surface area contributed by atoms with Gasteiger partial charge in [-0.15, -0.1) is 12.4 Å². The molecule has 2 atom stereocenters. The number of halogens is 1. The van der Waals surface area contributed by atoms with Crippen molar-refractivity contribution in [2.45, 2.75) is 31.9 Å². The minimum absolute atomic E-state index is 0. The van der Waals surface area contributed by atoms with Gasteiger partial charge in [-0.1, -0.05) is 0 Å². The van der Waals surface area contributed by atoms with Crippen LogP contribution in [-0.4, -0.2) is 30.6 Å². The topological polar surface area (TPSA) is 93.5 Å². The lowest BCUT2D eigenvalue weighted by Crippen LogP contribution is -2.32. The number of carbonyl (C=O) groups is 2. The Labute approximate surface area is 129 Å². The van der Waals surface area contributed by atoms with Gasteiger partial charge in [-0.05, 0) is 44.0 Å². The molecule has 116 valence electrons. The monoisotopic (exact) mass is 313 g/mol. The van der Waals surface area contributed by atoms with Crippen LogP contribution in [0.3, 0.4) is 0 Å². The van der Waals surface area contributed by atoms with Gasteiger partial charge in [-0.25, -0.2) is 0 Å². The second-order valence-corrected chi connectivity index (χ2v) is 4.85. The summed E-state index contributed by atoms with van der Waals surface area (Å²) in [6.45, 7) is 2.26. The zero-order chi connectivity index (χ0) is 14.5. The zero-order valence-corrected chi connectivity index (χ0v) is 12.6. The van der Waals surface area contributed by atoms with Crippen LogP contribution in [0.4, 0.5) is 11.4 Å². The van der Waals surface area contributed by atoms with E-state index in [0.717, 1.165) is 12.8 Å². The van der Waals surface area contributed by atoms with E-state index >= 15 is 0 Å². The summed E-state index contributed by atoms with van der Waals surface area (Å²) in [7, 11) is 0. The van der Waals surface area contributed by atoms with Crippen molar-refractivity contribution in [2.75, 3.05) is 17.2 Å². The normalized spacial score (nSPS) is 18.5. The Hall–Kier alpha value is -1.63. The molecule has 1 aliphatic rings. The van der Waals surface area contributed by atoms with Gasteiger partial charge in [0.1, 0.15) is 6.10 Å². The molecule has 1 aromatic rings. The van der Waals surface area contributed by atoms with Crippen molar-refractivity contribution in [3.8, 4) is 0 Å². The molecule has 2 rings (SSSR count). The standard InChI is InChI=1S/C14H19N3O3.ClH/c1-9(15)13(18)16-10-4-6-11(7-5-10)17-14(19)12-3-2-8-20-12;/h4-7,9,12H,2-3,8,15H2,1H3,(H,16,18)(H,17,19);1H. The minimum Gasteiger partial charge on any atom is -0.368 e. The molecule has 1 aliphatic heterocycles. The largest absolute Gasteiger partial charge is 0.368 e.